The van der Waals surface area contributed by atoms with Crippen molar-refractivity contribution in [3.05, 3.63) is 130 Å². The number of rotatable bonds is 10. The maximum absolute atomic E-state index is 12.6. The molecule has 7 nitrogen and oxygen atoms in total. The molecule has 194 valence electrons. The number of carbonyl (C=O) groups is 1. The van der Waals surface area contributed by atoms with Gasteiger partial charge < -0.3 is 4.74 Å². The summed E-state index contributed by atoms with van der Waals surface area (Å²) in [5, 5.41) is 4.64. The molecule has 4 rings (SSSR count). The van der Waals surface area contributed by atoms with Crippen molar-refractivity contribution in [2.75, 3.05) is 10.6 Å². The molecule has 0 bridgehead atoms. The third kappa shape index (κ3) is 7.44. The van der Waals surface area contributed by atoms with Gasteiger partial charge in [-0.1, -0.05) is 66.2 Å². The number of halogens is 1. The van der Waals surface area contributed by atoms with Gasteiger partial charge in [0.15, 0.2) is 0 Å². The molecule has 0 radical (unpaired) electrons. The highest BCUT2D eigenvalue weighted by Gasteiger charge is 2.18. The average Bonchev–Trinajstić information content (AvgIpc) is 2.92. The van der Waals surface area contributed by atoms with Gasteiger partial charge in [0.05, 0.1) is 24.7 Å². The monoisotopic (exact) mass is 547 g/mol. The van der Waals surface area contributed by atoms with Crippen LogP contribution in [0.2, 0.25) is 5.02 Å². The molecule has 0 aliphatic rings. The summed E-state index contributed by atoms with van der Waals surface area (Å²) in [4.78, 5) is 12.6. The average molecular weight is 548 g/mol. The zero-order chi connectivity index (χ0) is 27.0. The highest BCUT2D eigenvalue weighted by atomic mass is 35.5. The minimum atomic E-state index is -3.57. The van der Waals surface area contributed by atoms with E-state index in [9.17, 15) is 13.2 Å². The van der Waals surface area contributed by atoms with Crippen LogP contribution in [0.25, 0.3) is 0 Å². The summed E-state index contributed by atoms with van der Waals surface area (Å²) in [6.45, 7) is 0.546. The Morgan fingerprint density at radius 3 is 2.24 bits per heavy atom. The van der Waals surface area contributed by atoms with Crippen molar-refractivity contribution < 1.29 is 17.9 Å². The van der Waals surface area contributed by atoms with Gasteiger partial charge >= 0.3 is 0 Å². The molecule has 4 aromatic rings. The van der Waals surface area contributed by atoms with E-state index in [1.54, 1.807) is 48.5 Å². The number of ether oxygens (including phenoxy) is 1. The highest BCUT2D eigenvalue weighted by molar-refractivity contribution is 7.92. The topological polar surface area (TPSA) is 88.1 Å². The number of hydrazone groups is 1. The second-order valence-electron chi connectivity index (χ2n) is 8.45. The molecule has 0 fully saturated rings. The van der Waals surface area contributed by atoms with Crippen LogP contribution in [-0.2, 0) is 23.2 Å². The van der Waals surface area contributed by atoms with Gasteiger partial charge in [-0.2, -0.15) is 5.10 Å². The minimum absolute atomic E-state index is 0.136. The van der Waals surface area contributed by atoms with Crippen LogP contribution in [0.1, 0.15) is 27.0 Å². The van der Waals surface area contributed by atoms with Crippen LogP contribution >= 0.6 is 11.6 Å². The quantitative estimate of drug-likeness (QED) is 0.205. The first kappa shape index (κ1) is 26.9. The fraction of sp³-hybridized carbons (Fsp3) is 0.103. The molecule has 38 heavy (non-hydrogen) atoms. The number of anilines is 1. The van der Waals surface area contributed by atoms with Crippen molar-refractivity contribution >= 4 is 39.4 Å². The molecule has 1 amide bonds. The Bertz CT molecular complexity index is 1510. The van der Waals surface area contributed by atoms with Crippen LogP contribution in [0.5, 0.6) is 5.75 Å². The Hall–Kier alpha value is -4.14. The second kappa shape index (κ2) is 12.4. The maximum Gasteiger partial charge on any atom is 0.271 e. The van der Waals surface area contributed by atoms with Gasteiger partial charge in [0.25, 0.3) is 5.91 Å². The first-order valence-electron chi connectivity index (χ1n) is 11.7. The minimum Gasteiger partial charge on any atom is -0.488 e. The molecule has 1 N–H and O–H groups in total. The summed E-state index contributed by atoms with van der Waals surface area (Å²) in [6.07, 6.45) is 2.66. The summed E-state index contributed by atoms with van der Waals surface area (Å²) in [6, 6.07) is 30.4. The third-order valence-corrected chi connectivity index (χ3v) is 6.98. The SMILES string of the molecule is CS(=O)(=O)N(Cc1ccc(Cl)cc1)c1ccc(C(=O)N/N=C\c2ccccc2OCc2ccccc2)cc1. The number of hydrogen-bond acceptors (Lipinski definition) is 5. The fourth-order valence-electron chi connectivity index (χ4n) is 3.61. The molecule has 0 spiro atoms. The van der Waals surface area contributed by atoms with Gasteiger partial charge in [-0.25, -0.2) is 13.8 Å². The summed E-state index contributed by atoms with van der Waals surface area (Å²) < 4.78 is 32.1. The molecule has 0 heterocycles. The Morgan fingerprint density at radius 1 is 0.895 bits per heavy atom. The number of sulfonamides is 1. The number of carbonyl (C=O) groups excluding carboxylic acids is 1. The summed E-state index contributed by atoms with van der Waals surface area (Å²) >= 11 is 5.93. The van der Waals surface area contributed by atoms with E-state index >= 15 is 0 Å². The number of hydrogen-bond donors (Lipinski definition) is 1. The molecule has 0 unspecified atom stereocenters. The predicted octanol–water partition coefficient (Wildman–Crippen LogP) is 5.65. The molecular weight excluding hydrogens is 522 g/mol. The fourth-order valence-corrected chi connectivity index (χ4v) is 4.63. The van der Waals surface area contributed by atoms with Crippen LogP contribution in [0.4, 0.5) is 5.69 Å². The van der Waals surface area contributed by atoms with Crippen LogP contribution in [-0.4, -0.2) is 26.8 Å². The zero-order valence-electron chi connectivity index (χ0n) is 20.6. The highest BCUT2D eigenvalue weighted by Crippen LogP contribution is 2.22. The van der Waals surface area contributed by atoms with E-state index in [0.29, 0.717) is 34.2 Å². The summed E-state index contributed by atoms with van der Waals surface area (Å²) in [5.41, 5.74) is 5.81. The van der Waals surface area contributed by atoms with Gasteiger partial charge in [-0.3, -0.25) is 9.10 Å². The molecule has 0 aromatic heterocycles. The lowest BCUT2D eigenvalue weighted by atomic mass is 10.2. The van der Waals surface area contributed by atoms with Gasteiger partial charge in [-0.05, 0) is 59.7 Å². The molecule has 0 aliphatic heterocycles. The van der Waals surface area contributed by atoms with Crippen molar-refractivity contribution in [3.63, 3.8) is 0 Å². The first-order chi connectivity index (χ1) is 18.3. The lowest BCUT2D eigenvalue weighted by Gasteiger charge is -2.22. The maximum atomic E-state index is 12.6. The number of benzene rings is 4. The predicted molar refractivity (Wildman–Crippen MR) is 151 cm³/mol. The van der Waals surface area contributed by atoms with E-state index in [1.165, 1.54) is 10.5 Å². The van der Waals surface area contributed by atoms with Crippen LogP contribution in [0.3, 0.4) is 0 Å². The Kier molecular flexibility index (Phi) is 8.78. The molecule has 0 atom stereocenters. The standard InChI is InChI=1S/C29H26ClN3O4S/c1-38(35,36)33(20-22-11-15-26(30)16-12-22)27-17-13-24(14-18-27)29(34)32-31-19-25-9-5-6-10-28(25)37-21-23-7-3-2-4-8-23/h2-19H,20-21H2,1H3,(H,32,34)/b31-19-. The van der Waals surface area contributed by atoms with Gasteiger partial charge in [0, 0.05) is 16.1 Å². The van der Waals surface area contributed by atoms with E-state index in [-0.39, 0.29) is 6.54 Å². The zero-order valence-corrected chi connectivity index (χ0v) is 22.2. The molecule has 4 aromatic carbocycles. The van der Waals surface area contributed by atoms with E-state index < -0.39 is 15.9 Å². The molecule has 0 saturated heterocycles. The number of nitrogens with one attached hydrogen (secondary N) is 1. The molecule has 9 heteroatoms. The normalized spacial score (nSPS) is 11.3. The van der Waals surface area contributed by atoms with E-state index in [2.05, 4.69) is 10.5 Å². The first-order valence-corrected chi connectivity index (χ1v) is 13.9. The van der Waals surface area contributed by atoms with Crippen LogP contribution in [0.15, 0.2) is 108 Å². The Labute approximate surface area is 227 Å². The number of nitrogens with zero attached hydrogens (tertiary/aromatic N) is 2. The number of amides is 1. The number of para-hydroxylation sites is 1. The largest absolute Gasteiger partial charge is 0.488 e. The van der Waals surface area contributed by atoms with Gasteiger partial charge in [0.1, 0.15) is 12.4 Å². The van der Waals surface area contributed by atoms with Crippen molar-refractivity contribution in [2.24, 2.45) is 5.10 Å². The summed E-state index contributed by atoms with van der Waals surface area (Å²) in [5.74, 6) is 0.208. The van der Waals surface area contributed by atoms with E-state index in [0.717, 1.165) is 17.4 Å². The molecule has 0 aliphatic carbocycles. The molecule has 0 saturated carbocycles. The van der Waals surface area contributed by atoms with Crippen molar-refractivity contribution in [3.8, 4) is 5.75 Å². The van der Waals surface area contributed by atoms with Crippen LogP contribution < -0.4 is 14.5 Å². The summed E-state index contributed by atoms with van der Waals surface area (Å²) in [7, 11) is -3.57. The Balaban J connectivity index is 1.40. The second-order valence-corrected chi connectivity index (χ2v) is 10.8. The van der Waals surface area contributed by atoms with Crippen molar-refractivity contribution in [1.82, 2.24) is 5.43 Å². The van der Waals surface area contributed by atoms with E-state index in [4.69, 9.17) is 16.3 Å². The van der Waals surface area contributed by atoms with Crippen molar-refractivity contribution in [2.45, 2.75) is 13.2 Å². The smallest absolute Gasteiger partial charge is 0.271 e. The Morgan fingerprint density at radius 2 is 1.55 bits per heavy atom. The van der Waals surface area contributed by atoms with E-state index in [1.807, 2.05) is 54.6 Å². The third-order valence-electron chi connectivity index (χ3n) is 5.58. The molecular formula is C29H26ClN3O4S. The lowest BCUT2D eigenvalue weighted by molar-refractivity contribution is 0.0955. The van der Waals surface area contributed by atoms with Gasteiger partial charge in [-0.15, -0.1) is 0 Å². The lowest BCUT2D eigenvalue weighted by Crippen LogP contribution is -2.29. The van der Waals surface area contributed by atoms with Crippen molar-refractivity contribution in [1.29, 1.82) is 0 Å². The van der Waals surface area contributed by atoms with Gasteiger partial charge in [0.2, 0.25) is 10.0 Å². The van der Waals surface area contributed by atoms with Crippen LogP contribution in [0, 0.1) is 0 Å².